The molecule has 0 aromatic carbocycles. The van der Waals surface area contributed by atoms with Crippen molar-refractivity contribution >= 4 is 5.91 Å². The fraction of sp³-hybridized carbons (Fsp3) is 0.923. The third-order valence-electron chi connectivity index (χ3n) is 4.00. The molecule has 1 saturated carbocycles. The number of aliphatic hydroxyl groups excluding tert-OH is 1. The summed E-state index contributed by atoms with van der Waals surface area (Å²) in [5.41, 5.74) is -0.750. The van der Waals surface area contributed by atoms with E-state index in [1.807, 2.05) is 6.92 Å². The van der Waals surface area contributed by atoms with Gasteiger partial charge in [0.25, 0.3) is 5.91 Å². The van der Waals surface area contributed by atoms with Crippen molar-refractivity contribution < 1.29 is 14.6 Å². The van der Waals surface area contributed by atoms with E-state index in [-0.39, 0.29) is 17.9 Å². The summed E-state index contributed by atoms with van der Waals surface area (Å²) >= 11 is 0. The number of rotatable bonds is 5. The van der Waals surface area contributed by atoms with E-state index in [4.69, 9.17) is 4.74 Å². The van der Waals surface area contributed by atoms with Crippen molar-refractivity contribution in [2.24, 2.45) is 5.92 Å². The molecule has 4 heteroatoms. The molecule has 0 aliphatic heterocycles. The van der Waals surface area contributed by atoms with Crippen molar-refractivity contribution in [1.29, 1.82) is 0 Å². The summed E-state index contributed by atoms with van der Waals surface area (Å²) in [5, 5.41) is 12.7. The Balaban J connectivity index is 2.41. The zero-order valence-corrected chi connectivity index (χ0v) is 11.2. The lowest BCUT2D eigenvalue weighted by molar-refractivity contribution is -0.142. The minimum atomic E-state index is -0.750. The average Bonchev–Trinajstić information content (AvgIpc) is 2.36. The molecule has 4 nitrogen and oxygen atoms in total. The topological polar surface area (TPSA) is 58.6 Å². The molecule has 0 heterocycles. The first-order valence-corrected chi connectivity index (χ1v) is 6.55. The Labute approximate surface area is 104 Å². The maximum Gasteiger partial charge on any atom is 0.251 e. The lowest BCUT2D eigenvalue weighted by Crippen LogP contribution is -2.48. The number of aliphatic hydroxyl groups is 1. The first kappa shape index (κ1) is 14.5. The van der Waals surface area contributed by atoms with Crippen LogP contribution in [0.5, 0.6) is 0 Å². The second-order valence-electron chi connectivity index (χ2n) is 5.11. The number of methoxy groups -OCH3 is 1. The Hall–Kier alpha value is -0.610. The zero-order valence-electron chi connectivity index (χ0n) is 11.2. The van der Waals surface area contributed by atoms with Crippen LogP contribution in [0.4, 0.5) is 0 Å². The number of ether oxygens (including phenoxy) is 1. The maximum absolute atomic E-state index is 12.0. The molecule has 1 aliphatic rings. The molecule has 17 heavy (non-hydrogen) atoms. The summed E-state index contributed by atoms with van der Waals surface area (Å²) in [5.74, 6) is 0.117. The van der Waals surface area contributed by atoms with Gasteiger partial charge in [0, 0.05) is 19.6 Å². The molecule has 0 radical (unpaired) electrons. The summed E-state index contributed by atoms with van der Waals surface area (Å²) in [6.07, 6.45) is 4.47. The van der Waals surface area contributed by atoms with Gasteiger partial charge in [-0.1, -0.05) is 19.8 Å². The van der Waals surface area contributed by atoms with E-state index in [1.54, 1.807) is 14.0 Å². The minimum absolute atomic E-state index is 0.0831. The highest BCUT2D eigenvalue weighted by Gasteiger charge is 2.32. The van der Waals surface area contributed by atoms with Crippen molar-refractivity contribution in [3.05, 3.63) is 0 Å². The van der Waals surface area contributed by atoms with E-state index in [2.05, 4.69) is 5.32 Å². The van der Waals surface area contributed by atoms with Gasteiger partial charge in [-0.3, -0.25) is 4.79 Å². The van der Waals surface area contributed by atoms with Crippen LogP contribution in [0.3, 0.4) is 0 Å². The van der Waals surface area contributed by atoms with Gasteiger partial charge in [-0.2, -0.15) is 0 Å². The van der Waals surface area contributed by atoms with Gasteiger partial charge in [-0.15, -0.1) is 0 Å². The van der Waals surface area contributed by atoms with E-state index >= 15 is 0 Å². The quantitative estimate of drug-likeness (QED) is 0.768. The van der Waals surface area contributed by atoms with Crippen molar-refractivity contribution in [2.45, 2.75) is 57.7 Å². The Bertz CT molecular complexity index is 251. The van der Waals surface area contributed by atoms with Gasteiger partial charge < -0.3 is 15.2 Å². The van der Waals surface area contributed by atoms with E-state index in [0.29, 0.717) is 13.0 Å². The molecule has 2 N–H and O–H groups in total. The number of hydrogen-bond donors (Lipinski definition) is 2. The van der Waals surface area contributed by atoms with Gasteiger partial charge in [0.2, 0.25) is 0 Å². The number of nitrogens with one attached hydrogen (secondary N) is 1. The number of carbonyl (C=O) groups excluding carboxylic acids is 1. The molecule has 0 bridgehead atoms. The molecular formula is C13H25NO3. The highest BCUT2D eigenvalue weighted by atomic mass is 16.5. The van der Waals surface area contributed by atoms with Crippen LogP contribution >= 0.6 is 0 Å². The van der Waals surface area contributed by atoms with Crippen molar-refractivity contribution in [1.82, 2.24) is 5.32 Å². The van der Waals surface area contributed by atoms with Crippen LogP contribution in [-0.4, -0.2) is 36.4 Å². The fourth-order valence-corrected chi connectivity index (χ4v) is 2.23. The number of carbonyl (C=O) groups is 1. The van der Waals surface area contributed by atoms with Gasteiger partial charge in [-0.25, -0.2) is 0 Å². The zero-order chi connectivity index (χ0) is 12.9. The predicted octanol–water partition coefficient (Wildman–Crippen LogP) is 1.47. The molecule has 1 amide bonds. The fourth-order valence-electron chi connectivity index (χ4n) is 2.23. The van der Waals surface area contributed by atoms with E-state index in [0.717, 1.165) is 25.7 Å². The molecule has 1 aliphatic carbocycles. The standard InChI is InChI=1S/C13H25NO3/c1-4-13(2,17-3)12(16)14-9-10-7-5-6-8-11(10)15/h10-11,15H,4-9H2,1-3H3,(H,14,16). The first-order chi connectivity index (χ1) is 8.03. The van der Waals surface area contributed by atoms with Crippen molar-refractivity contribution in [2.75, 3.05) is 13.7 Å². The molecule has 3 atom stereocenters. The Morgan fingerprint density at radius 2 is 2.12 bits per heavy atom. The van der Waals surface area contributed by atoms with E-state index < -0.39 is 5.60 Å². The summed E-state index contributed by atoms with van der Waals surface area (Å²) < 4.78 is 5.24. The average molecular weight is 243 g/mol. The summed E-state index contributed by atoms with van der Waals surface area (Å²) in [6, 6.07) is 0. The summed E-state index contributed by atoms with van der Waals surface area (Å²) in [6.45, 7) is 4.27. The summed E-state index contributed by atoms with van der Waals surface area (Å²) in [4.78, 5) is 12.0. The molecule has 100 valence electrons. The maximum atomic E-state index is 12.0. The predicted molar refractivity (Wildman–Crippen MR) is 66.7 cm³/mol. The molecule has 0 aromatic rings. The normalized spacial score (nSPS) is 28.5. The van der Waals surface area contributed by atoms with Crippen molar-refractivity contribution in [3.63, 3.8) is 0 Å². The van der Waals surface area contributed by atoms with E-state index in [9.17, 15) is 9.90 Å². The van der Waals surface area contributed by atoms with Crippen LogP contribution in [0.25, 0.3) is 0 Å². The van der Waals surface area contributed by atoms with Crippen LogP contribution in [0.2, 0.25) is 0 Å². The molecule has 0 aromatic heterocycles. The monoisotopic (exact) mass is 243 g/mol. The lowest BCUT2D eigenvalue weighted by Gasteiger charge is -2.30. The first-order valence-electron chi connectivity index (χ1n) is 6.55. The lowest BCUT2D eigenvalue weighted by atomic mass is 9.86. The van der Waals surface area contributed by atoms with Gasteiger partial charge in [-0.05, 0) is 26.2 Å². The van der Waals surface area contributed by atoms with Crippen LogP contribution < -0.4 is 5.32 Å². The molecule has 0 spiro atoms. The second-order valence-corrected chi connectivity index (χ2v) is 5.11. The third kappa shape index (κ3) is 3.68. The van der Waals surface area contributed by atoms with Gasteiger partial charge in [0.05, 0.1) is 6.10 Å². The van der Waals surface area contributed by atoms with Gasteiger partial charge in [0.1, 0.15) is 5.60 Å². The van der Waals surface area contributed by atoms with E-state index in [1.165, 1.54) is 0 Å². The smallest absolute Gasteiger partial charge is 0.251 e. The molecule has 0 saturated heterocycles. The third-order valence-corrected chi connectivity index (χ3v) is 4.00. The van der Waals surface area contributed by atoms with Crippen molar-refractivity contribution in [3.8, 4) is 0 Å². The SMILES string of the molecule is CCC(C)(OC)C(=O)NCC1CCCCC1O. The summed E-state index contributed by atoms with van der Waals surface area (Å²) in [7, 11) is 1.55. The van der Waals surface area contributed by atoms with Crippen LogP contribution in [0, 0.1) is 5.92 Å². The Morgan fingerprint density at radius 3 is 2.65 bits per heavy atom. The molecule has 1 fully saturated rings. The Morgan fingerprint density at radius 1 is 1.47 bits per heavy atom. The van der Waals surface area contributed by atoms with Crippen LogP contribution in [-0.2, 0) is 9.53 Å². The number of amides is 1. The number of hydrogen-bond acceptors (Lipinski definition) is 3. The Kier molecular flexibility index (Phi) is 5.40. The molecule has 3 unspecified atom stereocenters. The van der Waals surface area contributed by atoms with Gasteiger partial charge >= 0.3 is 0 Å². The van der Waals surface area contributed by atoms with Gasteiger partial charge in [0.15, 0.2) is 0 Å². The molecular weight excluding hydrogens is 218 g/mol. The largest absolute Gasteiger partial charge is 0.393 e. The minimum Gasteiger partial charge on any atom is -0.393 e. The van der Waals surface area contributed by atoms with Crippen LogP contribution in [0.15, 0.2) is 0 Å². The second kappa shape index (κ2) is 6.36. The highest BCUT2D eigenvalue weighted by molar-refractivity contribution is 5.84. The highest BCUT2D eigenvalue weighted by Crippen LogP contribution is 2.24. The van der Waals surface area contributed by atoms with Crippen LogP contribution in [0.1, 0.15) is 46.0 Å². The molecule has 1 rings (SSSR count).